The second-order valence-electron chi connectivity index (χ2n) is 19.3. The number of imidazole rings is 1. The van der Waals surface area contributed by atoms with Gasteiger partial charge in [-0.1, -0.05) is 94.4 Å². The van der Waals surface area contributed by atoms with Crippen LogP contribution in [0.3, 0.4) is 0 Å². The molecule has 0 spiro atoms. The Morgan fingerprint density at radius 3 is 2.14 bits per heavy atom. The number of para-hydroxylation sites is 1. The van der Waals surface area contributed by atoms with Crippen molar-refractivity contribution in [3.63, 3.8) is 0 Å². The molecule has 4 unspecified atom stereocenters. The molecule has 14 heteroatoms. The van der Waals surface area contributed by atoms with Crippen LogP contribution in [0.2, 0.25) is 0 Å². The molecule has 8 atom stereocenters. The van der Waals surface area contributed by atoms with E-state index in [1.165, 1.54) is 23.9 Å². The minimum Gasteiger partial charge on any atom is -0.368 e. The van der Waals surface area contributed by atoms with Gasteiger partial charge in [0, 0.05) is 51.2 Å². The number of aromatic nitrogens is 2. The molecule has 14 nitrogen and oxygen atoms in total. The van der Waals surface area contributed by atoms with Crippen molar-refractivity contribution in [1.82, 2.24) is 45.9 Å². The van der Waals surface area contributed by atoms with Gasteiger partial charge in [-0.2, -0.15) is 0 Å². The molecule has 2 amide bonds. The summed E-state index contributed by atoms with van der Waals surface area (Å²) in [5, 5.41) is 24.2. The van der Waals surface area contributed by atoms with Gasteiger partial charge in [-0.15, -0.1) is 0 Å². The fourth-order valence-electron chi connectivity index (χ4n) is 11.0. The zero-order valence-corrected chi connectivity index (χ0v) is 39.9. The summed E-state index contributed by atoms with van der Waals surface area (Å²) in [6.07, 6.45) is 9.28. The maximum absolute atomic E-state index is 14.0. The molecule has 0 saturated carbocycles. The third-order valence-corrected chi connectivity index (χ3v) is 14.4. The maximum atomic E-state index is 14.0. The molecule has 66 heavy (non-hydrogen) atoms. The number of H-pyrrole nitrogens is 1. The Hall–Kier alpha value is -5.25. The summed E-state index contributed by atoms with van der Waals surface area (Å²) >= 11 is 0. The van der Waals surface area contributed by atoms with Crippen molar-refractivity contribution in [2.24, 2.45) is 11.8 Å². The molecule has 3 saturated heterocycles. The standard InChI is InChI=1S/C52H72N10O4/c1-33(2)47(56-32-53-5)50(63)60-27-11-15-40(60)29-46-54-30-41(57-46)35-17-21-37(22-18-35)43-25-26-44(62(43)39-13-9-8-10-14-39)38-23-19-36(20-24-38)42-31-55-49(58-42)45-16-12-28-61(45)51(64)48(34(3)4)59(6)52(65)66-7/h8-10,13-14,17-24,30-31,33-34,40,43-45,47-49,52-53,55-56,58,65H,11-12,15-16,25-29,32H2,1-7H3,(H,54,57)/t40-,43?,44?,45-,47-,48-,49?,52?/m0/s1. The van der Waals surface area contributed by atoms with Crippen molar-refractivity contribution in [3.05, 3.63) is 114 Å². The van der Waals surface area contributed by atoms with Gasteiger partial charge < -0.3 is 45.5 Å². The number of ether oxygens (including phenoxy) is 1. The molecule has 1 aromatic heterocycles. The number of hydrogen-bond donors (Lipinski definition) is 6. The summed E-state index contributed by atoms with van der Waals surface area (Å²) in [5.41, 5.74) is 7.96. The van der Waals surface area contributed by atoms with E-state index in [2.05, 4.69) is 129 Å². The van der Waals surface area contributed by atoms with Crippen molar-refractivity contribution in [2.45, 2.75) is 121 Å². The molecule has 3 aromatic carbocycles. The number of anilines is 1. The summed E-state index contributed by atoms with van der Waals surface area (Å²) < 4.78 is 5.16. The summed E-state index contributed by atoms with van der Waals surface area (Å²) in [4.78, 5) is 44.3. The van der Waals surface area contributed by atoms with E-state index in [9.17, 15) is 14.7 Å². The predicted octanol–water partition coefficient (Wildman–Crippen LogP) is 6.17. The first-order valence-electron chi connectivity index (χ1n) is 24.2. The van der Waals surface area contributed by atoms with Gasteiger partial charge in [-0.25, -0.2) is 9.88 Å². The molecule has 5 heterocycles. The third-order valence-electron chi connectivity index (χ3n) is 14.4. The van der Waals surface area contributed by atoms with Crippen LogP contribution in [0.1, 0.15) is 101 Å². The zero-order valence-electron chi connectivity index (χ0n) is 39.9. The number of methoxy groups -OCH3 is 1. The zero-order chi connectivity index (χ0) is 46.5. The first-order valence-corrected chi connectivity index (χ1v) is 24.2. The molecule has 4 aliphatic rings. The molecule has 4 aromatic rings. The van der Waals surface area contributed by atoms with Gasteiger partial charge in [-0.3, -0.25) is 14.9 Å². The third kappa shape index (κ3) is 10.0. The number of carbonyl (C=O) groups is 2. The summed E-state index contributed by atoms with van der Waals surface area (Å²) in [6.45, 7) is 10.3. The van der Waals surface area contributed by atoms with Crippen LogP contribution in [0.15, 0.2) is 91.3 Å². The number of aromatic amines is 1. The topological polar surface area (TPSA) is 153 Å². The number of carbonyl (C=O) groups excluding carboxylic acids is 2. The van der Waals surface area contributed by atoms with E-state index in [0.717, 1.165) is 73.4 Å². The molecule has 8 rings (SSSR count). The Morgan fingerprint density at radius 1 is 0.848 bits per heavy atom. The first-order chi connectivity index (χ1) is 32.0. The molecular weight excluding hydrogens is 829 g/mol. The lowest BCUT2D eigenvalue weighted by Crippen LogP contribution is -2.58. The van der Waals surface area contributed by atoms with Gasteiger partial charge in [0.15, 0.2) is 0 Å². The number of aliphatic hydroxyl groups excluding tert-OH is 1. The Kier molecular flexibility index (Phi) is 15.1. The molecule has 4 aliphatic heterocycles. The van der Waals surface area contributed by atoms with Gasteiger partial charge in [-0.05, 0) is 98.8 Å². The molecular formula is C52H72N10O4. The van der Waals surface area contributed by atoms with Gasteiger partial charge in [0.1, 0.15) is 12.0 Å². The number of benzene rings is 3. The van der Waals surface area contributed by atoms with Crippen LogP contribution in [0.25, 0.3) is 17.0 Å². The van der Waals surface area contributed by atoms with E-state index >= 15 is 0 Å². The van der Waals surface area contributed by atoms with Gasteiger partial charge in [0.25, 0.3) is 0 Å². The molecule has 0 aliphatic carbocycles. The first kappa shape index (κ1) is 47.3. The Bertz CT molecular complexity index is 2250. The number of rotatable bonds is 18. The highest BCUT2D eigenvalue weighted by molar-refractivity contribution is 5.83. The highest BCUT2D eigenvalue weighted by Crippen LogP contribution is 2.47. The van der Waals surface area contributed by atoms with E-state index in [-0.39, 0.29) is 60.0 Å². The van der Waals surface area contributed by atoms with Crippen molar-refractivity contribution in [2.75, 3.05) is 45.9 Å². The number of likely N-dealkylation sites (tertiary alicyclic amines) is 2. The lowest BCUT2D eigenvalue weighted by molar-refractivity contribution is -0.192. The van der Waals surface area contributed by atoms with Gasteiger partial charge in [0.2, 0.25) is 18.2 Å². The SMILES string of the molecule is CNCN[C@H](C(=O)N1CCC[C@H]1Cc1ncc(-c2ccc(C3CCC(c4ccc(C5=CNC([C@@H]6CCCN6C(=O)[C@H](C(C)C)N(C)C(O)OC)N5)cc4)N3c3ccccc3)cc2)[nH]1)C(C)C. The van der Waals surface area contributed by atoms with E-state index in [0.29, 0.717) is 19.6 Å². The minimum absolute atomic E-state index is 0.00452. The molecule has 0 radical (unpaired) electrons. The van der Waals surface area contributed by atoms with Crippen LogP contribution in [0, 0.1) is 11.8 Å². The van der Waals surface area contributed by atoms with Crippen LogP contribution in [-0.2, 0) is 20.7 Å². The van der Waals surface area contributed by atoms with Crippen molar-refractivity contribution in [1.29, 1.82) is 0 Å². The molecule has 354 valence electrons. The number of amides is 2. The summed E-state index contributed by atoms with van der Waals surface area (Å²) in [5.74, 6) is 1.30. The highest BCUT2D eigenvalue weighted by atomic mass is 16.6. The predicted molar refractivity (Wildman–Crippen MR) is 260 cm³/mol. The average Bonchev–Trinajstić information content (AvgIpc) is 4.20. The van der Waals surface area contributed by atoms with Crippen LogP contribution in [-0.4, -0.2) is 119 Å². The van der Waals surface area contributed by atoms with Gasteiger partial charge >= 0.3 is 0 Å². The Morgan fingerprint density at radius 2 is 1.50 bits per heavy atom. The van der Waals surface area contributed by atoms with Crippen LogP contribution in [0.4, 0.5) is 5.69 Å². The molecule has 6 N–H and O–H groups in total. The number of nitrogens with zero attached hydrogens (tertiary/aromatic N) is 5. The Labute approximate surface area is 391 Å². The van der Waals surface area contributed by atoms with Crippen LogP contribution >= 0.6 is 0 Å². The van der Waals surface area contributed by atoms with Crippen molar-refractivity contribution >= 4 is 23.2 Å². The molecule has 0 bridgehead atoms. The summed E-state index contributed by atoms with van der Waals surface area (Å²) in [7, 11) is 5.07. The largest absolute Gasteiger partial charge is 0.368 e. The summed E-state index contributed by atoms with van der Waals surface area (Å²) in [6, 6.07) is 28.5. The maximum Gasteiger partial charge on any atom is 0.240 e. The second-order valence-corrected chi connectivity index (χ2v) is 19.3. The van der Waals surface area contributed by atoms with Crippen molar-refractivity contribution < 1.29 is 19.4 Å². The Balaban J connectivity index is 0.921. The highest BCUT2D eigenvalue weighted by Gasteiger charge is 2.42. The van der Waals surface area contributed by atoms with E-state index in [1.54, 1.807) is 11.9 Å². The average molecular weight is 901 g/mol. The van der Waals surface area contributed by atoms with E-state index in [1.807, 2.05) is 38.2 Å². The van der Waals surface area contributed by atoms with E-state index < -0.39 is 12.5 Å². The second kappa shape index (κ2) is 21.1. The minimum atomic E-state index is -1.15. The quantitative estimate of drug-likeness (QED) is 0.0637. The van der Waals surface area contributed by atoms with Crippen LogP contribution < -0.4 is 26.2 Å². The molecule has 3 fully saturated rings. The van der Waals surface area contributed by atoms with Gasteiger partial charge in [0.05, 0.1) is 47.8 Å². The number of hydrogen-bond acceptors (Lipinski definition) is 11. The fourth-order valence-corrected chi connectivity index (χ4v) is 11.0. The van der Waals surface area contributed by atoms with Crippen LogP contribution in [0.5, 0.6) is 0 Å². The number of aliphatic hydroxyl groups is 1. The fraction of sp³-hybridized carbons (Fsp3) is 0.519. The lowest BCUT2D eigenvalue weighted by Gasteiger charge is -2.38. The number of likely N-dealkylation sites (N-methyl/N-ethyl adjacent to an activating group) is 1. The van der Waals surface area contributed by atoms with E-state index in [4.69, 9.17) is 9.72 Å². The smallest absolute Gasteiger partial charge is 0.240 e. The normalized spacial score (nSPS) is 23.4. The van der Waals surface area contributed by atoms with Crippen molar-refractivity contribution in [3.8, 4) is 11.3 Å². The monoisotopic (exact) mass is 901 g/mol. The number of nitrogens with one attached hydrogen (secondary N) is 5. The lowest BCUT2D eigenvalue weighted by atomic mass is 10.0.